The molecule has 0 bridgehead atoms. The van der Waals surface area contributed by atoms with E-state index in [2.05, 4.69) is 147 Å². The number of rotatable bonds is 2. The summed E-state index contributed by atoms with van der Waals surface area (Å²) >= 11 is 0. The minimum atomic E-state index is 1.25. The molecule has 0 nitrogen and oxygen atoms in total. The van der Waals surface area contributed by atoms with E-state index < -0.39 is 0 Å². The highest BCUT2D eigenvalue weighted by atomic mass is 14.2. The van der Waals surface area contributed by atoms with Crippen LogP contribution in [0, 0.1) is 13.8 Å². The molecule has 0 N–H and O–H groups in total. The molecule has 8 aromatic rings. The van der Waals surface area contributed by atoms with Crippen LogP contribution in [-0.4, -0.2) is 0 Å². The van der Waals surface area contributed by atoms with Gasteiger partial charge in [-0.3, -0.25) is 0 Å². The molecule has 0 unspecified atom stereocenters. The lowest BCUT2D eigenvalue weighted by molar-refractivity contribution is 1.53. The summed E-state index contributed by atoms with van der Waals surface area (Å²) in [7, 11) is 0. The van der Waals surface area contributed by atoms with Crippen LogP contribution in [0.25, 0.3) is 76.1 Å². The zero-order valence-electron chi connectivity index (χ0n) is 22.7. The minimum absolute atomic E-state index is 1.25. The molecule has 0 fully saturated rings. The second-order valence-electron chi connectivity index (χ2n) is 10.9. The quantitative estimate of drug-likeness (QED) is 0.161. The summed E-state index contributed by atoms with van der Waals surface area (Å²) in [6.45, 7) is 4.55. The van der Waals surface area contributed by atoms with Crippen molar-refractivity contribution >= 4 is 53.9 Å². The molecule has 8 rings (SSSR count). The van der Waals surface area contributed by atoms with E-state index in [1.807, 2.05) is 0 Å². The molecule has 0 spiro atoms. The van der Waals surface area contributed by atoms with Crippen molar-refractivity contribution in [2.24, 2.45) is 0 Å². The topological polar surface area (TPSA) is 0 Å². The maximum absolute atomic E-state index is 2.35. The second-order valence-corrected chi connectivity index (χ2v) is 10.9. The number of hydrogen-bond donors (Lipinski definition) is 0. The number of benzene rings is 8. The summed E-state index contributed by atoms with van der Waals surface area (Å²) in [6, 6.07) is 49.1. The van der Waals surface area contributed by atoms with E-state index in [0.717, 1.165) is 0 Å². The van der Waals surface area contributed by atoms with Gasteiger partial charge in [-0.25, -0.2) is 0 Å². The molecule has 0 atom stereocenters. The van der Waals surface area contributed by atoms with Gasteiger partial charge in [-0.1, -0.05) is 133 Å². The Morgan fingerprint density at radius 2 is 0.775 bits per heavy atom. The van der Waals surface area contributed by atoms with Crippen molar-refractivity contribution in [2.45, 2.75) is 13.8 Å². The van der Waals surface area contributed by atoms with E-state index in [0.29, 0.717) is 0 Å². The normalized spacial score (nSPS) is 11.8. The molecule has 0 aliphatic carbocycles. The zero-order valence-corrected chi connectivity index (χ0v) is 22.7. The van der Waals surface area contributed by atoms with E-state index in [1.165, 1.54) is 87.2 Å². The summed E-state index contributed by atoms with van der Waals surface area (Å²) < 4.78 is 0. The molecule has 0 aromatic heterocycles. The van der Waals surface area contributed by atoms with E-state index in [-0.39, 0.29) is 0 Å². The molecule has 0 radical (unpaired) electrons. The van der Waals surface area contributed by atoms with Crippen molar-refractivity contribution in [3.63, 3.8) is 0 Å². The Hall–Kier alpha value is -4.94. The Morgan fingerprint density at radius 3 is 1.40 bits per heavy atom. The summed E-state index contributed by atoms with van der Waals surface area (Å²) in [5.41, 5.74) is 7.87. The van der Waals surface area contributed by atoms with Gasteiger partial charge in [0.1, 0.15) is 0 Å². The molecular formula is C40H28. The number of fused-ring (bicyclic) bond motifs is 6. The smallest absolute Gasteiger partial charge is 0.00201 e. The largest absolute Gasteiger partial charge is 0.0622 e. The van der Waals surface area contributed by atoms with Crippen molar-refractivity contribution in [1.82, 2.24) is 0 Å². The third-order valence-corrected chi connectivity index (χ3v) is 8.84. The predicted molar refractivity (Wildman–Crippen MR) is 174 cm³/mol. The molecule has 0 saturated carbocycles. The molecule has 0 aliphatic rings. The first-order valence-electron chi connectivity index (χ1n) is 14.0. The minimum Gasteiger partial charge on any atom is -0.0622 e. The van der Waals surface area contributed by atoms with Crippen LogP contribution >= 0.6 is 0 Å². The van der Waals surface area contributed by atoms with Crippen LogP contribution < -0.4 is 0 Å². The van der Waals surface area contributed by atoms with Crippen LogP contribution in [0.2, 0.25) is 0 Å². The van der Waals surface area contributed by atoms with Gasteiger partial charge in [0, 0.05) is 0 Å². The second kappa shape index (κ2) is 8.79. The van der Waals surface area contributed by atoms with Gasteiger partial charge < -0.3 is 0 Å². The Bertz CT molecular complexity index is 2210. The van der Waals surface area contributed by atoms with Gasteiger partial charge in [-0.2, -0.15) is 0 Å². The van der Waals surface area contributed by atoms with Gasteiger partial charge in [0.15, 0.2) is 0 Å². The van der Waals surface area contributed by atoms with Crippen molar-refractivity contribution in [1.29, 1.82) is 0 Å². The molecule has 0 heterocycles. The molecular weight excluding hydrogens is 480 g/mol. The van der Waals surface area contributed by atoms with Gasteiger partial charge in [-0.05, 0) is 101 Å². The first-order valence-corrected chi connectivity index (χ1v) is 14.0. The average molecular weight is 509 g/mol. The van der Waals surface area contributed by atoms with E-state index in [1.54, 1.807) is 0 Å². The Kier molecular flexibility index (Phi) is 5.06. The lowest BCUT2D eigenvalue weighted by Crippen LogP contribution is -1.93. The molecule has 0 amide bonds. The molecule has 40 heavy (non-hydrogen) atoms. The fourth-order valence-corrected chi connectivity index (χ4v) is 7.04. The van der Waals surface area contributed by atoms with Gasteiger partial charge in [-0.15, -0.1) is 0 Å². The van der Waals surface area contributed by atoms with Crippen molar-refractivity contribution in [3.8, 4) is 22.3 Å². The molecule has 0 aliphatic heterocycles. The predicted octanol–water partition coefficient (Wildman–Crippen LogP) is 11.4. The van der Waals surface area contributed by atoms with Crippen LogP contribution in [0.5, 0.6) is 0 Å². The summed E-state index contributed by atoms with van der Waals surface area (Å²) in [6.07, 6.45) is 0. The van der Waals surface area contributed by atoms with Gasteiger partial charge >= 0.3 is 0 Å². The fraction of sp³-hybridized carbons (Fsp3) is 0.0500. The lowest BCUT2D eigenvalue weighted by Gasteiger charge is -2.20. The first-order chi connectivity index (χ1) is 19.7. The summed E-state index contributed by atoms with van der Waals surface area (Å²) in [5, 5.41) is 13.2. The van der Waals surface area contributed by atoms with Crippen molar-refractivity contribution in [3.05, 3.63) is 145 Å². The number of aryl methyl sites for hydroxylation is 2. The maximum Gasteiger partial charge on any atom is -0.00201 e. The van der Waals surface area contributed by atoms with Gasteiger partial charge in [0.2, 0.25) is 0 Å². The van der Waals surface area contributed by atoms with E-state index in [9.17, 15) is 0 Å². The zero-order chi connectivity index (χ0) is 26.8. The maximum atomic E-state index is 2.35. The highest BCUT2D eigenvalue weighted by Gasteiger charge is 2.19. The third-order valence-electron chi connectivity index (χ3n) is 8.84. The Labute approximate surface area is 234 Å². The SMILES string of the molecule is Cc1c2ccccc2c(C)c2c1ccc1c(-c3c4ccccc4c(-c4ccccc4)c4ccccc34)cccc12. The van der Waals surface area contributed by atoms with Gasteiger partial charge in [0.05, 0.1) is 0 Å². The van der Waals surface area contributed by atoms with Crippen LogP contribution in [0.4, 0.5) is 0 Å². The third kappa shape index (κ3) is 3.20. The lowest BCUT2D eigenvalue weighted by atomic mass is 9.83. The summed E-state index contributed by atoms with van der Waals surface area (Å²) in [5.74, 6) is 0. The van der Waals surface area contributed by atoms with Crippen LogP contribution in [0.3, 0.4) is 0 Å². The first kappa shape index (κ1) is 23.0. The standard InChI is InChI=1S/C40H28/c1-25-28-15-6-7-16-29(28)26(2)38-30(25)23-24-31-32(38)21-12-22-33(31)40-36-19-10-8-17-34(36)39(27-13-4-3-5-14-27)35-18-9-11-20-37(35)40/h3-24H,1-2H3. The van der Waals surface area contributed by atoms with E-state index in [4.69, 9.17) is 0 Å². The monoisotopic (exact) mass is 508 g/mol. The molecule has 8 aromatic carbocycles. The molecule has 188 valence electrons. The van der Waals surface area contributed by atoms with Crippen LogP contribution in [-0.2, 0) is 0 Å². The highest BCUT2D eigenvalue weighted by Crippen LogP contribution is 2.46. The van der Waals surface area contributed by atoms with Gasteiger partial charge in [0.25, 0.3) is 0 Å². The Morgan fingerprint density at radius 1 is 0.300 bits per heavy atom. The van der Waals surface area contributed by atoms with E-state index >= 15 is 0 Å². The summed E-state index contributed by atoms with van der Waals surface area (Å²) in [4.78, 5) is 0. The van der Waals surface area contributed by atoms with Crippen molar-refractivity contribution in [2.75, 3.05) is 0 Å². The average Bonchev–Trinajstić information content (AvgIpc) is 3.02. The number of hydrogen-bond acceptors (Lipinski definition) is 0. The Balaban J connectivity index is 1.54. The fourth-order valence-electron chi connectivity index (χ4n) is 7.04. The van der Waals surface area contributed by atoms with Crippen LogP contribution in [0.15, 0.2) is 133 Å². The molecule has 0 heteroatoms. The molecule has 0 saturated heterocycles. The van der Waals surface area contributed by atoms with Crippen LogP contribution in [0.1, 0.15) is 11.1 Å². The van der Waals surface area contributed by atoms with Crippen molar-refractivity contribution < 1.29 is 0 Å². The highest BCUT2D eigenvalue weighted by molar-refractivity contribution is 6.26.